The number of hydrogen-bond acceptors (Lipinski definition) is 4. The van der Waals surface area contributed by atoms with E-state index in [2.05, 4.69) is 15.3 Å². The third kappa shape index (κ3) is 3.01. The Balaban J connectivity index is 2.23. The van der Waals surface area contributed by atoms with Gasteiger partial charge in [0.25, 0.3) is 0 Å². The fraction of sp³-hybridized carbons (Fsp3) is 0.467. The molecule has 0 aliphatic heterocycles. The minimum atomic E-state index is -0.681. The summed E-state index contributed by atoms with van der Waals surface area (Å²) < 4.78 is 0. The average Bonchev–Trinajstić information content (AvgIpc) is 2.44. The Morgan fingerprint density at radius 1 is 1.11 bits per heavy atom. The van der Waals surface area contributed by atoms with Crippen LogP contribution in [0.3, 0.4) is 0 Å². The standard InChI is InChI=1S/C15H21N3O/c1-4-15(19,5-2)10-16-14-11(3)17-12-8-6-7-9-13(12)18-14/h6-9,19H,4-5,10H2,1-3H3,(H,16,18). The molecule has 19 heavy (non-hydrogen) atoms. The van der Waals surface area contributed by atoms with Crippen molar-refractivity contribution in [1.29, 1.82) is 0 Å². The first-order valence-electron chi connectivity index (χ1n) is 6.77. The van der Waals surface area contributed by atoms with E-state index in [1.807, 2.05) is 45.0 Å². The molecule has 0 saturated carbocycles. The molecular formula is C15H21N3O. The van der Waals surface area contributed by atoms with Crippen LogP contribution in [0, 0.1) is 6.92 Å². The number of anilines is 1. The second-order valence-electron chi connectivity index (χ2n) is 4.93. The second-order valence-corrected chi connectivity index (χ2v) is 4.93. The molecule has 1 aromatic heterocycles. The summed E-state index contributed by atoms with van der Waals surface area (Å²) in [5.41, 5.74) is 1.94. The molecule has 102 valence electrons. The first kappa shape index (κ1) is 13.7. The normalized spacial score (nSPS) is 11.8. The lowest BCUT2D eigenvalue weighted by molar-refractivity contribution is 0.0456. The van der Waals surface area contributed by atoms with Crippen LogP contribution >= 0.6 is 0 Å². The van der Waals surface area contributed by atoms with Gasteiger partial charge in [0.2, 0.25) is 0 Å². The number of rotatable bonds is 5. The molecule has 4 nitrogen and oxygen atoms in total. The smallest absolute Gasteiger partial charge is 0.148 e. The number of fused-ring (bicyclic) bond motifs is 1. The molecule has 4 heteroatoms. The fourth-order valence-electron chi connectivity index (χ4n) is 2.00. The lowest BCUT2D eigenvalue weighted by atomic mass is 9.98. The highest BCUT2D eigenvalue weighted by molar-refractivity contribution is 5.76. The summed E-state index contributed by atoms with van der Waals surface area (Å²) in [6.45, 7) is 6.40. The molecule has 2 aromatic rings. The third-order valence-corrected chi connectivity index (χ3v) is 3.65. The average molecular weight is 259 g/mol. The van der Waals surface area contributed by atoms with E-state index >= 15 is 0 Å². The monoisotopic (exact) mass is 259 g/mol. The van der Waals surface area contributed by atoms with E-state index in [1.165, 1.54) is 0 Å². The molecule has 2 N–H and O–H groups in total. The van der Waals surface area contributed by atoms with E-state index in [-0.39, 0.29) is 0 Å². The van der Waals surface area contributed by atoms with E-state index in [4.69, 9.17) is 0 Å². The molecular weight excluding hydrogens is 238 g/mol. The SMILES string of the molecule is CCC(O)(CC)CNc1nc2ccccc2nc1C. The van der Waals surface area contributed by atoms with E-state index in [0.29, 0.717) is 6.54 Å². The summed E-state index contributed by atoms with van der Waals surface area (Å²) in [5.74, 6) is 0.749. The van der Waals surface area contributed by atoms with Crippen molar-refractivity contribution >= 4 is 16.9 Å². The number of para-hydroxylation sites is 2. The predicted molar refractivity (Wildman–Crippen MR) is 78.3 cm³/mol. The molecule has 2 rings (SSSR count). The number of nitrogens with one attached hydrogen (secondary N) is 1. The third-order valence-electron chi connectivity index (χ3n) is 3.65. The number of nitrogens with zero attached hydrogens (tertiary/aromatic N) is 2. The van der Waals surface area contributed by atoms with Gasteiger partial charge >= 0.3 is 0 Å². The van der Waals surface area contributed by atoms with E-state index in [1.54, 1.807) is 0 Å². The quantitative estimate of drug-likeness (QED) is 0.867. The summed E-state index contributed by atoms with van der Waals surface area (Å²) in [5, 5.41) is 13.5. The molecule has 0 bridgehead atoms. The van der Waals surface area contributed by atoms with Crippen molar-refractivity contribution in [3.63, 3.8) is 0 Å². The van der Waals surface area contributed by atoms with Gasteiger partial charge in [0.15, 0.2) is 0 Å². The predicted octanol–water partition coefficient (Wildman–Crippen LogP) is 2.90. The highest BCUT2D eigenvalue weighted by Crippen LogP contribution is 2.19. The van der Waals surface area contributed by atoms with E-state index in [9.17, 15) is 5.11 Å². The number of aliphatic hydroxyl groups is 1. The number of benzene rings is 1. The van der Waals surface area contributed by atoms with Gasteiger partial charge in [-0.3, -0.25) is 0 Å². The zero-order valence-corrected chi connectivity index (χ0v) is 11.8. The summed E-state index contributed by atoms with van der Waals surface area (Å²) in [4.78, 5) is 9.08. The van der Waals surface area contributed by atoms with Gasteiger partial charge < -0.3 is 10.4 Å². The molecule has 0 fully saturated rings. The Kier molecular flexibility index (Phi) is 4.00. The van der Waals surface area contributed by atoms with E-state index in [0.717, 1.165) is 35.4 Å². The lowest BCUT2D eigenvalue weighted by Crippen LogP contribution is -2.35. The molecule has 0 atom stereocenters. The van der Waals surface area contributed by atoms with Crippen LogP contribution in [0.15, 0.2) is 24.3 Å². The summed E-state index contributed by atoms with van der Waals surface area (Å²) in [6.07, 6.45) is 1.44. The minimum absolute atomic E-state index is 0.494. The van der Waals surface area contributed by atoms with Crippen LogP contribution in [-0.4, -0.2) is 27.2 Å². The van der Waals surface area contributed by atoms with Crippen LogP contribution < -0.4 is 5.32 Å². The van der Waals surface area contributed by atoms with Crippen molar-refractivity contribution in [2.24, 2.45) is 0 Å². The first-order valence-corrected chi connectivity index (χ1v) is 6.77. The Morgan fingerprint density at radius 3 is 2.26 bits per heavy atom. The van der Waals surface area contributed by atoms with Crippen LogP contribution in [0.2, 0.25) is 0 Å². The molecule has 0 unspecified atom stereocenters. The molecule has 0 aliphatic rings. The van der Waals surface area contributed by atoms with Crippen molar-refractivity contribution in [1.82, 2.24) is 9.97 Å². The van der Waals surface area contributed by atoms with Crippen LogP contribution in [0.5, 0.6) is 0 Å². The minimum Gasteiger partial charge on any atom is -0.388 e. The zero-order valence-electron chi connectivity index (χ0n) is 11.8. The van der Waals surface area contributed by atoms with E-state index < -0.39 is 5.60 Å². The van der Waals surface area contributed by atoms with Crippen LogP contribution in [0.25, 0.3) is 11.0 Å². The van der Waals surface area contributed by atoms with Crippen molar-refractivity contribution in [2.75, 3.05) is 11.9 Å². The van der Waals surface area contributed by atoms with Crippen LogP contribution in [-0.2, 0) is 0 Å². The Labute approximate surface area is 113 Å². The molecule has 0 spiro atoms. The van der Waals surface area contributed by atoms with Crippen LogP contribution in [0.4, 0.5) is 5.82 Å². The molecule has 0 amide bonds. The van der Waals surface area contributed by atoms with Gasteiger partial charge in [-0.25, -0.2) is 9.97 Å². The summed E-state index contributed by atoms with van der Waals surface area (Å²) in [6, 6.07) is 7.80. The maximum atomic E-state index is 10.3. The van der Waals surface area contributed by atoms with Gasteiger partial charge in [0.1, 0.15) is 5.82 Å². The Bertz CT molecular complexity index is 564. The molecule has 1 aromatic carbocycles. The number of aromatic nitrogens is 2. The second kappa shape index (κ2) is 5.53. The van der Waals surface area contributed by atoms with Gasteiger partial charge in [-0.15, -0.1) is 0 Å². The van der Waals surface area contributed by atoms with Gasteiger partial charge in [0, 0.05) is 6.54 Å². The summed E-state index contributed by atoms with van der Waals surface area (Å²) in [7, 11) is 0. The van der Waals surface area contributed by atoms with Gasteiger partial charge in [-0.2, -0.15) is 0 Å². The van der Waals surface area contributed by atoms with Crippen molar-refractivity contribution in [3.8, 4) is 0 Å². The van der Waals surface area contributed by atoms with Gasteiger partial charge in [0.05, 0.1) is 22.3 Å². The maximum absolute atomic E-state index is 10.3. The van der Waals surface area contributed by atoms with Gasteiger partial charge in [-0.1, -0.05) is 26.0 Å². The molecule has 0 saturated heterocycles. The van der Waals surface area contributed by atoms with Crippen LogP contribution in [0.1, 0.15) is 32.4 Å². The molecule has 0 aliphatic carbocycles. The first-order chi connectivity index (χ1) is 9.08. The zero-order chi connectivity index (χ0) is 13.9. The Hall–Kier alpha value is -1.68. The largest absolute Gasteiger partial charge is 0.388 e. The topological polar surface area (TPSA) is 58.0 Å². The highest BCUT2D eigenvalue weighted by Gasteiger charge is 2.22. The molecule has 1 heterocycles. The molecule has 0 radical (unpaired) electrons. The van der Waals surface area contributed by atoms with Gasteiger partial charge in [-0.05, 0) is 31.9 Å². The highest BCUT2D eigenvalue weighted by atomic mass is 16.3. The number of aryl methyl sites for hydroxylation is 1. The van der Waals surface area contributed by atoms with Crippen molar-refractivity contribution in [3.05, 3.63) is 30.0 Å². The van der Waals surface area contributed by atoms with Crippen molar-refractivity contribution in [2.45, 2.75) is 39.2 Å². The maximum Gasteiger partial charge on any atom is 0.148 e. The summed E-state index contributed by atoms with van der Waals surface area (Å²) >= 11 is 0. The van der Waals surface area contributed by atoms with Crippen molar-refractivity contribution < 1.29 is 5.11 Å². The lowest BCUT2D eigenvalue weighted by Gasteiger charge is -2.26. The number of hydrogen-bond donors (Lipinski definition) is 2. The Morgan fingerprint density at radius 2 is 1.68 bits per heavy atom. The fourth-order valence-corrected chi connectivity index (χ4v) is 2.00.